The molecule has 10 nitrogen and oxygen atoms in total. The molecule has 0 aliphatic carbocycles. The molecule has 3 heterocycles. The quantitative estimate of drug-likeness (QED) is 0.492. The van der Waals surface area contributed by atoms with Crippen molar-refractivity contribution >= 4 is 45.8 Å². The molecule has 1 aromatic carbocycles. The molecule has 11 heteroatoms. The van der Waals surface area contributed by atoms with E-state index in [-0.39, 0.29) is 6.04 Å². The minimum Gasteiger partial charge on any atom is -0.465 e. The van der Waals surface area contributed by atoms with Gasteiger partial charge in [-0.25, -0.2) is 9.59 Å². The Bertz CT molecular complexity index is 1260. The fourth-order valence-electron chi connectivity index (χ4n) is 3.86. The van der Waals surface area contributed by atoms with E-state index in [9.17, 15) is 14.4 Å². The molecule has 0 bridgehead atoms. The van der Waals surface area contributed by atoms with Gasteiger partial charge in [-0.3, -0.25) is 18.5 Å². The number of carboxylic acid groups (broad SMARTS) is 1. The van der Waals surface area contributed by atoms with Crippen molar-refractivity contribution < 1.29 is 9.90 Å². The van der Waals surface area contributed by atoms with Crippen molar-refractivity contribution in [2.75, 3.05) is 18.0 Å². The van der Waals surface area contributed by atoms with E-state index in [1.54, 1.807) is 7.05 Å². The zero-order valence-corrected chi connectivity index (χ0v) is 18.7. The highest BCUT2D eigenvalue weighted by Crippen LogP contribution is 2.26. The number of nitrogens with zero attached hydrogens (tertiary/aromatic N) is 5. The van der Waals surface area contributed by atoms with E-state index in [0.29, 0.717) is 43.2 Å². The number of benzene rings is 1. The molecule has 1 atom stereocenters. The van der Waals surface area contributed by atoms with Gasteiger partial charge in [-0.15, -0.1) is 0 Å². The third-order valence-electron chi connectivity index (χ3n) is 5.41. The number of nitrogens with one attached hydrogen (secondary N) is 1. The molecule has 0 saturated carbocycles. The standard InChI is InChI=1S/C19H21IN6O4/c1-23-15-14(16(27)24(2)19(23)30)26(9-11-5-3-4-6-13(11)20)17(22-15)25-8-7-12(10-25)21-18(28)29/h3-6,12,21H,7-10H2,1-2H3,(H,28,29). The Labute approximate surface area is 184 Å². The first-order valence-electron chi connectivity index (χ1n) is 9.42. The molecule has 2 aromatic heterocycles. The second-order valence-corrected chi connectivity index (χ2v) is 8.51. The predicted molar refractivity (Wildman–Crippen MR) is 120 cm³/mol. The van der Waals surface area contributed by atoms with Crippen LogP contribution in [0.5, 0.6) is 0 Å². The van der Waals surface area contributed by atoms with Crippen LogP contribution in [0.2, 0.25) is 0 Å². The molecule has 1 saturated heterocycles. The number of halogens is 1. The lowest BCUT2D eigenvalue weighted by molar-refractivity contribution is 0.191. The number of carbonyl (C=O) groups is 1. The molecule has 1 unspecified atom stereocenters. The second-order valence-electron chi connectivity index (χ2n) is 7.35. The average Bonchev–Trinajstić information content (AvgIpc) is 3.30. The summed E-state index contributed by atoms with van der Waals surface area (Å²) in [6, 6.07) is 7.64. The lowest BCUT2D eigenvalue weighted by Crippen LogP contribution is -2.37. The summed E-state index contributed by atoms with van der Waals surface area (Å²) in [5.41, 5.74) is 0.846. The maximum atomic E-state index is 13.0. The molecule has 30 heavy (non-hydrogen) atoms. The minimum atomic E-state index is -1.06. The van der Waals surface area contributed by atoms with Crippen LogP contribution < -0.4 is 21.5 Å². The first-order valence-corrected chi connectivity index (χ1v) is 10.5. The van der Waals surface area contributed by atoms with Crippen molar-refractivity contribution in [2.45, 2.75) is 19.0 Å². The van der Waals surface area contributed by atoms with Gasteiger partial charge in [0.15, 0.2) is 11.2 Å². The van der Waals surface area contributed by atoms with Gasteiger partial charge >= 0.3 is 11.8 Å². The molecule has 1 aliphatic heterocycles. The van der Waals surface area contributed by atoms with Crippen molar-refractivity contribution in [3.05, 3.63) is 54.2 Å². The van der Waals surface area contributed by atoms with Gasteiger partial charge in [0.1, 0.15) is 0 Å². The fraction of sp³-hybridized carbons (Fsp3) is 0.368. The van der Waals surface area contributed by atoms with E-state index >= 15 is 0 Å². The van der Waals surface area contributed by atoms with Gasteiger partial charge in [0.25, 0.3) is 5.56 Å². The number of fused-ring (bicyclic) bond motifs is 1. The SMILES string of the molecule is Cn1c(=O)c2c(nc(N3CCC(NC(=O)O)C3)n2Cc2ccccc2I)n(C)c1=O. The van der Waals surface area contributed by atoms with Gasteiger partial charge < -0.3 is 15.3 Å². The molecular weight excluding hydrogens is 503 g/mol. The molecular formula is C19H21IN6O4. The Hall–Kier alpha value is -2.83. The van der Waals surface area contributed by atoms with Crippen LogP contribution in [0, 0.1) is 3.57 Å². The van der Waals surface area contributed by atoms with E-state index in [2.05, 4.69) is 32.9 Å². The Morgan fingerprint density at radius 2 is 2.00 bits per heavy atom. The number of aryl methyl sites for hydroxylation is 1. The summed E-state index contributed by atoms with van der Waals surface area (Å²) in [7, 11) is 3.05. The van der Waals surface area contributed by atoms with Gasteiger partial charge in [0.05, 0.1) is 12.6 Å². The zero-order valence-electron chi connectivity index (χ0n) is 16.5. The average molecular weight is 524 g/mol. The van der Waals surface area contributed by atoms with Crippen molar-refractivity contribution in [3.8, 4) is 0 Å². The number of hydrogen-bond donors (Lipinski definition) is 2. The number of hydrogen-bond acceptors (Lipinski definition) is 5. The number of anilines is 1. The smallest absolute Gasteiger partial charge is 0.404 e. The van der Waals surface area contributed by atoms with Crippen LogP contribution in [-0.4, -0.2) is 49.0 Å². The second kappa shape index (κ2) is 7.78. The zero-order chi connectivity index (χ0) is 21.6. The summed E-state index contributed by atoms with van der Waals surface area (Å²) in [5, 5.41) is 11.5. The minimum absolute atomic E-state index is 0.223. The van der Waals surface area contributed by atoms with Crippen LogP contribution in [0.15, 0.2) is 33.9 Å². The summed E-state index contributed by atoms with van der Waals surface area (Å²) in [6.45, 7) is 1.44. The largest absolute Gasteiger partial charge is 0.465 e. The normalized spacial score (nSPS) is 16.4. The van der Waals surface area contributed by atoms with Crippen LogP contribution in [-0.2, 0) is 20.6 Å². The fourth-order valence-corrected chi connectivity index (χ4v) is 4.42. The summed E-state index contributed by atoms with van der Waals surface area (Å²) in [5.74, 6) is 0.553. The summed E-state index contributed by atoms with van der Waals surface area (Å²) < 4.78 is 5.34. The lowest BCUT2D eigenvalue weighted by Gasteiger charge is -2.19. The molecule has 1 amide bonds. The number of aromatic nitrogens is 4. The highest BCUT2D eigenvalue weighted by atomic mass is 127. The molecule has 4 rings (SSSR count). The van der Waals surface area contributed by atoms with Crippen molar-refractivity contribution in [3.63, 3.8) is 0 Å². The van der Waals surface area contributed by atoms with Gasteiger partial charge in [-0.2, -0.15) is 4.98 Å². The Kier molecular flexibility index (Phi) is 5.30. The number of rotatable bonds is 4. The maximum Gasteiger partial charge on any atom is 0.404 e. The third-order valence-corrected chi connectivity index (χ3v) is 6.47. The molecule has 0 radical (unpaired) electrons. The molecule has 0 spiro atoms. The number of amides is 1. The van der Waals surface area contributed by atoms with Crippen LogP contribution >= 0.6 is 22.6 Å². The van der Waals surface area contributed by atoms with Crippen molar-refractivity contribution in [1.82, 2.24) is 24.0 Å². The van der Waals surface area contributed by atoms with Crippen LogP contribution in [0.4, 0.5) is 10.7 Å². The Morgan fingerprint density at radius 3 is 2.70 bits per heavy atom. The van der Waals surface area contributed by atoms with Gasteiger partial charge in [-0.05, 0) is 40.6 Å². The third kappa shape index (κ3) is 3.46. The first kappa shape index (κ1) is 20.4. The Morgan fingerprint density at radius 1 is 1.27 bits per heavy atom. The lowest BCUT2D eigenvalue weighted by atomic mass is 10.2. The molecule has 3 aromatic rings. The summed E-state index contributed by atoms with van der Waals surface area (Å²) >= 11 is 2.25. The Balaban J connectivity index is 1.89. The van der Waals surface area contributed by atoms with Crippen molar-refractivity contribution in [1.29, 1.82) is 0 Å². The van der Waals surface area contributed by atoms with E-state index in [1.165, 1.54) is 11.6 Å². The van der Waals surface area contributed by atoms with Crippen molar-refractivity contribution in [2.24, 2.45) is 14.1 Å². The first-order chi connectivity index (χ1) is 14.3. The molecule has 158 valence electrons. The predicted octanol–water partition coefficient (Wildman–Crippen LogP) is 0.933. The van der Waals surface area contributed by atoms with Crippen LogP contribution in [0.3, 0.4) is 0 Å². The maximum absolute atomic E-state index is 13.0. The monoisotopic (exact) mass is 524 g/mol. The highest BCUT2D eigenvalue weighted by Gasteiger charge is 2.29. The molecule has 1 aliphatic rings. The summed E-state index contributed by atoms with van der Waals surface area (Å²) in [6.07, 6.45) is -0.430. The van der Waals surface area contributed by atoms with E-state index in [4.69, 9.17) is 5.11 Å². The highest BCUT2D eigenvalue weighted by molar-refractivity contribution is 14.1. The van der Waals surface area contributed by atoms with E-state index in [1.807, 2.05) is 33.7 Å². The van der Waals surface area contributed by atoms with Gasteiger partial charge in [0, 0.05) is 30.8 Å². The number of imidazole rings is 1. The molecule has 2 N–H and O–H groups in total. The molecule has 1 fully saturated rings. The van der Waals surface area contributed by atoms with E-state index < -0.39 is 17.3 Å². The van der Waals surface area contributed by atoms with Crippen LogP contribution in [0.1, 0.15) is 12.0 Å². The van der Waals surface area contributed by atoms with Crippen LogP contribution in [0.25, 0.3) is 11.2 Å². The summed E-state index contributed by atoms with van der Waals surface area (Å²) in [4.78, 5) is 43.1. The van der Waals surface area contributed by atoms with Gasteiger partial charge in [-0.1, -0.05) is 18.2 Å². The topological polar surface area (TPSA) is 114 Å². The van der Waals surface area contributed by atoms with Gasteiger partial charge in [0.2, 0.25) is 5.95 Å². The van der Waals surface area contributed by atoms with E-state index in [0.717, 1.165) is 13.7 Å².